The van der Waals surface area contributed by atoms with Crippen molar-refractivity contribution >= 4 is 23.4 Å². The number of amides is 2. The van der Waals surface area contributed by atoms with Crippen molar-refractivity contribution in [2.45, 2.75) is 30.7 Å². The van der Waals surface area contributed by atoms with Crippen LogP contribution in [-0.2, 0) is 21.7 Å². The maximum atomic E-state index is 14.2. The zero-order chi connectivity index (χ0) is 27.9. The number of carbonyl (C=O) groups is 2. The Morgan fingerprint density at radius 2 is 1.82 bits per heavy atom. The number of nitrogens with one attached hydrogen (secondary N) is 1. The minimum atomic E-state index is -2.00. The Morgan fingerprint density at radius 3 is 2.48 bits per heavy atom. The van der Waals surface area contributed by atoms with Crippen LogP contribution in [0, 0.1) is 0 Å². The van der Waals surface area contributed by atoms with Crippen LogP contribution in [0.3, 0.4) is 0 Å². The Morgan fingerprint density at radius 1 is 1.12 bits per heavy atom. The number of rotatable bonds is 6. The first-order valence-electron chi connectivity index (χ1n) is 12.6. The van der Waals surface area contributed by atoms with E-state index in [-0.39, 0.29) is 19.5 Å². The van der Waals surface area contributed by atoms with Gasteiger partial charge in [0.15, 0.2) is 5.60 Å². The molecule has 11 nitrogen and oxygen atoms in total. The molecular weight excluding hydrogens is 532 g/mol. The van der Waals surface area contributed by atoms with E-state index in [0.717, 1.165) is 11.1 Å². The summed E-state index contributed by atoms with van der Waals surface area (Å²) in [5, 5.41) is 23.4. The number of benzene rings is 3. The van der Waals surface area contributed by atoms with Crippen molar-refractivity contribution < 1.29 is 14.7 Å². The van der Waals surface area contributed by atoms with E-state index in [1.807, 2.05) is 24.3 Å². The lowest BCUT2D eigenvalue weighted by Gasteiger charge is -2.33. The van der Waals surface area contributed by atoms with Crippen molar-refractivity contribution in [3.8, 4) is 16.8 Å². The molecule has 6 rings (SSSR count). The smallest absolute Gasteiger partial charge is 0.264 e. The highest BCUT2D eigenvalue weighted by Crippen LogP contribution is 2.48. The predicted molar refractivity (Wildman–Crippen MR) is 146 cm³/mol. The highest BCUT2D eigenvalue weighted by atomic mass is 35.5. The third-order valence-corrected chi connectivity index (χ3v) is 7.69. The summed E-state index contributed by atoms with van der Waals surface area (Å²) in [5.41, 5.74) is 10.9. The highest BCUT2D eigenvalue weighted by molar-refractivity contribution is 6.30. The number of likely N-dealkylation sites (tertiary alicyclic amines) is 1. The summed E-state index contributed by atoms with van der Waals surface area (Å²) in [6.07, 6.45) is 3.06. The number of fused-ring (bicyclic) bond motifs is 3. The molecule has 1 aliphatic heterocycles. The highest BCUT2D eigenvalue weighted by Gasteiger charge is 2.53. The zero-order valence-corrected chi connectivity index (χ0v) is 21.8. The fraction of sp³-hybridized carbons (Fsp3) is 0.214. The van der Waals surface area contributed by atoms with Crippen LogP contribution in [0.5, 0.6) is 0 Å². The monoisotopic (exact) mass is 554 g/mol. The molecular formula is C28H23ClN8O3. The first kappa shape index (κ1) is 25.6. The summed E-state index contributed by atoms with van der Waals surface area (Å²) in [7, 11) is 0. The van der Waals surface area contributed by atoms with Gasteiger partial charge < -0.3 is 15.3 Å². The molecule has 2 heterocycles. The molecule has 0 bridgehead atoms. The van der Waals surface area contributed by atoms with Crippen molar-refractivity contribution in [1.82, 2.24) is 25.0 Å². The number of hydrogen-bond donors (Lipinski definition) is 2. The maximum absolute atomic E-state index is 14.2. The number of aliphatic hydroxyl groups is 1. The van der Waals surface area contributed by atoms with E-state index < -0.39 is 29.5 Å². The van der Waals surface area contributed by atoms with E-state index in [0.29, 0.717) is 27.4 Å². The lowest BCUT2D eigenvalue weighted by molar-refractivity contribution is -0.151. The molecule has 0 saturated carbocycles. The quantitative estimate of drug-likeness (QED) is 0.211. The number of carbonyl (C=O) groups excluding carboxylic acids is 2. The number of halogens is 1. The molecule has 2 N–H and O–H groups in total. The van der Waals surface area contributed by atoms with E-state index in [1.54, 1.807) is 47.1 Å². The molecule has 2 amide bonds. The van der Waals surface area contributed by atoms with Gasteiger partial charge in [-0.2, -0.15) is 5.10 Å². The number of azide groups is 1. The van der Waals surface area contributed by atoms with Gasteiger partial charge >= 0.3 is 0 Å². The molecule has 12 heteroatoms. The van der Waals surface area contributed by atoms with Crippen LogP contribution in [0.2, 0.25) is 5.02 Å². The van der Waals surface area contributed by atoms with Crippen LogP contribution in [0.4, 0.5) is 0 Å². The van der Waals surface area contributed by atoms with E-state index in [9.17, 15) is 14.7 Å². The van der Waals surface area contributed by atoms with Gasteiger partial charge in [-0.1, -0.05) is 65.2 Å². The molecule has 1 aliphatic carbocycles. The lowest BCUT2D eigenvalue weighted by atomic mass is 9.89. The largest absolute Gasteiger partial charge is 0.372 e. The molecule has 1 fully saturated rings. The van der Waals surface area contributed by atoms with Crippen LogP contribution < -0.4 is 5.32 Å². The molecule has 3 aromatic carbocycles. The second-order valence-electron chi connectivity index (χ2n) is 9.70. The Kier molecular flexibility index (Phi) is 6.47. The van der Waals surface area contributed by atoms with Crippen LogP contribution in [0.1, 0.15) is 23.1 Å². The van der Waals surface area contributed by atoms with Crippen molar-refractivity contribution in [2.75, 3.05) is 6.54 Å². The van der Waals surface area contributed by atoms with Crippen LogP contribution in [-0.4, -0.2) is 55.2 Å². The van der Waals surface area contributed by atoms with Gasteiger partial charge in [0.05, 0.1) is 11.7 Å². The molecule has 0 spiro atoms. The number of nitrogens with zero attached hydrogens (tertiary/aromatic N) is 7. The van der Waals surface area contributed by atoms with Gasteiger partial charge in [-0.05, 0) is 46.8 Å². The molecule has 40 heavy (non-hydrogen) atoms. The minimum Gasteiger partial charge on any atom is -0.372 e. The fourth-order valence-electron chi connectivity index (χ4n) is 5.65. The fourth-order valence-corrected chi connectivity index (χ4v) is 5.84. The molecule has 1 unspecified atom stereocenters. The summed E-state index contributed by atoms with van der Waals surface area (Å²) in [4.78, 5) is 36.0. The predicted octanol–water partition coefficient (Wildman–Crippen LogP) is 3.73. The molecule has 2 aliphatic rings. The topological polar surface area (TPSA) is 149 Å². The summed E-state index contributed by atoms with van der Waals surface area (Å²) < 4.78 is 1.56. The van der Waals surface area contributed by atoms with E-state index in [1.165, 1.54) is 17.6 Å². The second kappa shape index (κ2) is 10.1. The normalized spacial score (nSPS) is 18.5. The standard InChI is InChI=1S/C28H23ClN8O3/c29-18-9-10-24(37-16-31-15-33-37)17(11-18)13-32-26(38)25-12-19(34-35-30)14-36(25)27(39)28(40)22-7-3-1-5-20(22)21-6-2-4-8-23(21)28/h1-11,15-16,19,25,40H,12-14H2,(H,32,38)/t19-,25?/m0/s1. The molecule has 0 radical (unpaired) electrons. The van der Waals surface area contributed by atoms with Crippen molar-refractivity contribution in [1.29, 1.82) is 0 Å². The van der Waals surface area contributed by atoms with Crippen molar-refractivity contribution in [3.63, 3.8) is 0 Å². The number of aromatic nitrogens is 3. The lowest BCUT2D eigenvalue weighted by Crippen LogP contribution is -2.53. The summed E-state index contributed by atoms with van der Waals surface area (Å²) in [6.45, 7) is 0.0875. The van der Waals surface area contributed by atoms with Gasteiger partial charge in [-0.3, -0.25) is 9.59 Å². The second-order valence-corrected chi connectivity index (χ2v) is 10.1. The van der Waals surface area contributed by atoms with Crippen LogP contribution in [0.15, 0.2) is 84.5 Å². The van der Waals surface area contributed by atoms with Gasteiger partial charge in [-0.25, -0.2) is 9.67 Å². The Bertz CT molecular complexity index is 1620. The average Bonchev–Trinajstić information content (AvgIpc) is 3.71. The third kappa shape index (κ3) is 4.17. The maximum Gasteiger partial charge on any atom is 0.264 e. The average molecular weight is 555 g/mol. The first-order chi connectivity index (χ1) is 19.4. The molecule has 1 saturated heterocycles. The summed E-state index contributed by atoms with van der Waals surface area (Å²) in [5.74, 6) is -1.09. The van der Waals surface area contributed by atoms with Gasteiger partial charge in [0, 0.05) is 34.2 Å². The van der Waals surface area contributed by atoms with Crippen molar-refractivity contribution in [3.05, 3.63) is 112 Å². The SMILES string of the molecule is [N-]=[N+]=N[C@H]1CC(C(=O)NCc2cc(Cl)ccc2-n2cncn2)N(C(=O)C2(O)c3ccccc3-c3ccccc32)C1. The van der Waals surface area contributed by atoms with E-state index in [2.05, 4.69) is 25.4 Å². The Hall–Kier alpha value is -4.70. The third-order valence-electron chi connectivity index (χ3n) is 7.45. The summed E-state index contributed by atoms with van der Waals surface area (Å²) >= 11 is 6.22. The van der Waals surface area contributed by atoms with E-state index >= 15 is 0 Å². The van der Waals surface area contributed by atoms with Crippen LogP contribution >= 0.6 is 11.6 Å². The zero-order valence-electron chi connectivity index (χ0n) is 21.1. The van der Waals surface area contributed by atoms with Gasteiger partial charge in [0.2, 0.25) is 5.91 Å². The summed E-state index contributed by atoms with van der Waals surface area (Å²) in [6, 6.07) is 18.0. The first-order valence-corrected chi connectivity index (χ1v) is 13.0. The van der Waals surface area contributed by atoms with Gasteiger partial charge in [-0.15, -0.1) is 0 Å². The van der Waals surface area contributed by atoms with Gasteiger partial charge in [0.25, 0.3) is 5.91 Å². The minimum absolute atomic E-state index is 0.00496. The molecule has 4 aromatic rings. The molecule has 1 aromatic heterocycles. The Balaban J connectivity index is 1.31. The Labute approximate surface area is 233 Å². The molecule has 200 valence electrons. The molecule has 2 atom stereocenters. The van der Waals surface area contributed by atoms with E-state index in [4.69, 9.17) is 17.1 Å². The van der Waals surface area contributed by atoms with Crippen LogP contribution in [0.25, 0.3) is 27.3 Å². The van der Waals surface area contributed by atoms with Gasteiger partial charge in [0.1, 0.15) is 18.7 Å². The van der Waals surface area contributed by atoms with Crippen molar-refractivity contribution in [2.24, 2.45) is 5.11 Å². The number of hydrogen-bond acceptors (Lipinski definition) is 6.